The van der Waals surface area contributed by atoms with Gasteiger partial charge in [0.05, 0.1) is 33.8 Å². The number of likely N-dealkylation sites (N-methyl/N-ethyl adjacent to an activating group) is 1. The van der Waals surface area contributed by atoms with Gasteiger partial charge in [-0.25, -0.2) is 4.57 Å². The van der Waals surface area contributed by atoms with Crippen LogP contribution in [-0.4, -0.2) is 74.3 Å². The minimum atomic E-state index is -4.44. The van der Waals surface area contributed by atoms with Crippen molar-refractivity contribution in [1.82, 2.24) is 5.32 Å². The number of allylic oxidation sites excluding steroid dienone is 5. The fourth-order valence-corrected chi connectivity index (χ4v) is 9.41. The van der Waals surface area contributed by atoms with Gasteiger partial charge in [0.1, 0.15) is 19.3 Å². The molecule has 412 valence electrons. The lowest BCUT2D eigenvalue weighted by Crippen LogP contribution is -2.47. The molecule has 70 heavy (non-hydrogen) atoms. The minimum absolute atomic E-state index is 0.0420. The van der Waals surface area contributed by atoms with E-state index in [0.29, 0.717) is 23.9 Å². The van der Waals surface area contributed by atoms with Crippen LogP contribution in [0.4, 0.5) is 0 Å². The smallest absolute Gasteiger partial charge is 0.456 e. The van der Waals surface area contributed by atoms with E-state index in [1.165, 1.54) is 186 Å². The van der Waals surface area contributed by atoms with Gasteiger partial charge in [0.25, 0.3) is 0 Å². The Morgan fingerprint density at radius 3 is 1.31 bits per heavy atom. The number of amides is 1. The second-order valence-electron chi connectivity index (χ2n) is 21.5. The summed E-state index contributed by atoms with van der Waals surface area (Å²) in [5.41, 5.74) is 0. The third-order valence-corrected chi connectivity index (χ3v) is 14.3. The van der Waals surface area contributed by atoms with E-state index in [4.69, 9.17) is 13.8 Å². The van der Waals surface area contributed by atoms with Crippen LogP contribution in [0.2, 0.25) is 0 Å². The molecule has 1 amide bonds. The lowest BCUT2D eigenvalue weighted by molar-refractivity contribution is -0.870. The van der Waals surface area contributed by atoms with Crippen molar-refractivity contribution in [3.8, 4) is 0 Å². The van der Waals surface area contributed by atoms with Gasteiger partial charge >= 0.3 is 13.8 Å². The molecule has 0 saturated heterocycles. The molecule has 0 aromatic rings. The predicted molar refractivity (Wildman–Crippen MR) is 300 cm³/mol. The number of hydrogen-bond acceptors (Lipinski definition) is 6. The second-order valence-corrected chi connectivity index (χ2v) is 23.0. The van der Waals surface area contributed by atoms with E-state index in [2.05, 4.69) is 50.4 Å². The molecule has 0 heterocycles. The number of nitrogens with one attached hydrogen (secondary N) is 1. The normalized spacial score (nSPS) is 14.0. The van der Waals surface area contributed by atoms with Gasteiger partial charge in [0, 0.05) is 12.8 Å². The van der Waals surface area contributed by atoms with E-state index in [9.17, 15) is 19.0 Å². The van der Waals surface area contributed by atoms with Crippen molar-refractivity contribution in [2.24, 2.45) is 0 Å². The average Bonchev–Trinajstić information content (AvgIpc) is 3.32. The van der Waals surface area contributed by atoms with Gasteiger partial charge < -0.3 is 19.4 Å². The van der Waals surface area contributed by atoms with Crippen LogP contribution >= 0.6 is 7.82 Å². The highest BCUT2D eigenvalue weighted by Gasteiger charge is 2.30. The van der Waals surface area contributed by atoms with Crippen molar-refractivity contribution in [1.29, 1.82) is 0 Å². The summed E-state index contributed by atoms with van der Waals surface area (Å²) in [6.45, 7) is 7.00. The zero-order chi connectivity index (χ0) is 51.5. The third-order valence-electron chi connectivity index (χ3n) is 13.3. The van der Waals surface area contributed by atoms with Crippen molar-refractivity contribution in [3.63, 3.8) is 0 Å². The number of hydrogen-bond donors (Lipinski definition) is 2. The molecular weight excluding hydrogens is 892 g/mol. The van der Waals surface area contributed by atoms with Crippen LogP contribution in [0.1, 0.15) is 284 Å². The first-order valence-electron chi connectivity index (χ1n) is 29.8. The molecule has 0 aliphatic carbocycles. The molecule has 2 N–H and O–H groups in total. The van der Waals surface area contributed by atoms with Crippen molar-refractivity contribution >= 4 is 19.7 Å². The predicted octanol–water partition coefficient (Wildman–Crippen LogP) is 17.9. The van der Waals surface area contributed by atoms with Crippen LogP contribution in [0.3, 0.4) is 0 Å². The van der Waals surface area contributed by atoms with E-state index in [1.807, 2.05) is 33.3 Å². The van der Waals surface area contributed by atoms with Gasteiger partial charge in [-0.2, -0.15) is 0 Å². The molecule has 0 aromatic heterocycles. The molecule has 0 bridgehead atoms. The summed E-state index contributed by atoms with van der Waals surface area (Å²) >= 11 is 0. The number of nitrogens with zero attached hydrogens (tertiary/aromatic N) is 1. The van der Waals surface area contributed by atoms with Gasteiger partial charge in [-0.3, -0.25) is 18.6 Å². The Balaban J connectivity index is 5.19. The molecule has 0 aliphatic heterocycles. The Morgan fingerprint density at radius 1 is 0.500 bits per heavy atom. The van der Waals surface area contributed by atoms with Crippen molar-refractivity contribution in [3.05, 3.63) is 36.5 Å². The topological polar surface area (TPSA) is 111 Å². The van der Waals surface area contributed by atoms with Crippen molar-refractivity contribution in [2.45, 2.75) is 296 Å². The number of unbranched alkanes of at least 4 members (excludes halogenated alkanes) is 34. The van der Waals surface area contributed by atoms with E-state index in [1.54, 1.807) is 0 Å². The zero-order valence-electron chi connectivity index (χ0n) is 47.0. The highest BCUT2D eigenvalue weighted by atomic mass is 31.2. The molecule has 9 nitrogen and oxygen atoms in total. The standard InChI is InChI=1S/C60H115N2O7P/c1-7-10-13-16-19-22-25-27-28-29-30-31-32-33-34-35-38-40-43-46-49-52-59(63)61-57(56-68-70(65,66)67-55-54-62(4,5)6)58(51-48-45-42-39-37-26-23-20-17-14-11-8-2)69-60(64)53-50-47-44-41-36-24-21-18-15-12-9-3/h19,22,27-28,48,51,57-58H,7-18,20-21,23-26,29-47,49-50,52-56H2,1-6H3,(H-,61,63,65,66)/p+1/b22-19-,28-27-,51-48-. The number of ether oxygens (including phenoxy) is 1. The van der Waals surface area contributed by atoms with E-state index >= 15 is 0 Å². The average molecular weight is 1010 g/mol. The Kier molecular flexibility index (Phi) is 49.5. The monoisotopic (exact) mass is 1010 g/mol. The summed E-state index contributed by atoms with van der Waals surface area (Å²) in [6.07, 6.45) is 59.9. The van der Waals surface area contributed by atoms with Gasteiger partial charge in [-0.15, -0.1) is 0 Å². The molecule has 10 heteroatoms. The van der Waals surface area contributed by atoms with E-state index < -0.39 is 20.0 Å². The Morgan fingerprint density at radius 2 is 0.871 bits per heavy atom. The zero-order valence-corrected chi connectivity index (χ0v) is 47.9. The lowest BCUT2D eigenvalue weighted by Gasteiger charge is -2.27. The van der Waals surface area contributed by atoms with Crippen LogP contribution in [-0.2, 0) is 27.9 Å². The number of carbonyl (C=O) groups is 2. The largest absolute Gasteiger partial charge is 0.472 e. The molecule has 0 aliphatic rings. The highest BCUT2D eigenvalue weighted by molar-refractivity contribution is 7.47. The summed E-state index contributed by atoms with van der Waals surface area (Å²) in [7, 11) is 1.50. The number of carbonyl (C=O) groups excluding carboxylic acids is 2. The fraction of sp³-hybridized carbons (Fsp3) is 0.867. The molecule has 0 fully saturated rings. The Hall–Kier alpha value is -1.77. The molecule has 0 rings (SSSR count). The van der Waals surface area contributed by atoms with E-state index in [0.717, 1.165) is 64.2 Å². The summed E-state index contributed by atoms with van der Waals surface area (Å²) in [5.74, 6) is -0.498. The van der Waals surface area contributed by atoms with Gasteiger partial charge in [-0.05, 0) is 63.9 Å². The van der Waals surface area contributed by atoms with Crippen LogP contribution in [0, 0.1) is 0 Å². The highest BCUT2D eigenvalue weighted by Crippen LogP contribution is 2.43. The van der Waals surface area contributed by atoms with Crippen LogP contribution in [0.5, 0.6) is 0 Å². The number of phosphoric ester groups is 1. The first kappa shape index (κ1) is 68.2. The first-order valence-corrected chi connectivity index (χ1v) is 31.3. The van der Waals surface area contributed by atoms with Crippen LogP contribution in [0.25, 0.3) is 0 Å². The molecule has 0 spiro atoms. The Labute approximate surface area is 434 Å². The van der Waals surface area contributed by atoms with Gasteiger partial charge in [0.2, 0.25) is 5.91 Å². The van der Waals surface area contributed by atoms with Gasteiger partial charge in [-0.1, -0.05) is 244 Å². The molecular formula is C60H116N2O7P+. The van der Waals surface area contributed by atoms with Crippen LogP contribution < -0.4 is 5.32 Å². The summed E-state index contributed by atoms with van der Waals surface area (Å²) in [4.78, 5) is 37.6. The maximum Gasteiger partial charge on any atom is 0.472 e. The maximum absolute atomic E-state index is 13.5. The number of esters is 1. The summed E-state index contributed by atoms with van der Waals surface area (Å²) in [5, 5.41) is 3.05. The van der Waals surface area contributed by atoms with Crippen molar-refractivity contribution in [2.75, 3.05) is 40.9 Å². The molecule has 3 unspecified atom stereocenters. The summed E-state index contributed by atoms with van der Waals surface area (Å²) in [6, 6.07) is -0.844. The number of rotatable bonds is 54. The molecule has 0 saturated carbocycles. The fourth-order valence-electron chi connectivity index (χ4n) is 8.68. The second kappa shape index (κ2) is 50.7. The quantitative estimate of drug-likeness (QED) is 0.0205. The SMILES string of the molecule is CCCCC/C=C\C/C=C\CCCCCCCCCCCCCC(=O)NC(COP(=O)(O)OCC[N+](C)(C)C)C(/C=C\CCCCCCCCCCCC)OC(=O)CCCCCCCCCCCCC. The Bertz CT molecular complexity index is 1300. The first-order chi connectivity index (χ1) is 33.9. The summed E-state index contributed by atoms with van der Waals surface area (Å²) < 4.78 is 30.6. The third kappa shape index (κ3) is 51.1. The lowest BCUT2D eigenvalue weighted by atomic mass is 10.0. The van der Waals surface area contributed by atoms with E-state index in [-0.39, 0.29) is 25.1 Å². The minimum Gasteiger partial charge on any atom is -0.456 e. The number of phosphoric acid groups is 1. The number of quaternary nitrogens is 1. The van der Waals surface area contributed by atoms with Crippen LogP contribution in [0.15, 0.2) is 36.5 Å². The van der Waals surface area contributed by atoms with Gasteiger partial charge in [0.15, 0.2) is 0 Å². The van der Waals surface area contributed by atoms with Crippen molar-refractivity contribution < 1.29 is 37.3 Å². The molecule has 0 radical (unpaired) electrons. The maximum atomic E-state index is 13.5. The molecule has 3 atom stereocenters. The molecule has 0 aromatic carbocycles.